The van der Waals surface area contributed by atoms with E-state index in [1.54, 1.807) is 6.07 Å². The van der Waals surface area contributed by atoms with E-state index in [0.29, 0.717) is 0 Å². The van der Waals surface area contributed by atoms with E-state index in [4.69, 9.17) is 27.5 Å². The summed E-state index contributed by atoms with van der Waals surface area (Å²) in [5.41, 5.74) is -0.111. The van der Waals surface area contributed by atoms with Crippen LogP contribution < -0.4 is 0 Å². The molecule has 0 unspecified atom stereocenters. The van der Waals surface area contributed by atoms with Crippen molar-refractivity contribution in [1.29, 1.82) is 5.26 Å². The van der Waals surface area contributed by atoms with Crippen LogP contribution in [0.4, 0.5) is 0 Å². The Bertz CT molecular complexity index is 534. The number of phenols is 1. The van der Waals surface area contributed by atoms with Crippen molar-refractivity contribution < 1.29 is 13.5 Å². The Morgan fingerprint density at radius 1 is 1.47 bits per heavy atom. The number of benzene rings is 1. The van der Waals surface area contributed by atoms with E-state index in [0.717, 1.165) is 6.07 Å². The number of nitriles is 1. The summed E-state index contributed by atoms with van der Waals surface area (Å²) in [5, 5.41) is 18.2. The summed E-state index contributed by atoms with van der Waals surface area (Å²) in [6.07, 6.45) is 0. The first-order chi connectivity index (χ1) is 6.91. The van der Waals surface area contributed by atoms with Crippen LogP contribution in [0.25, 0.3) is 0 Å². The lowest BCUT2D eigenvalue weighted by Crippen LogP contribution is -1.97. The van der Waals surface area contributed by atoms with E-state index < -0.39 is 19.7 Å². The minimum absolute atomic E-state index is 0.0247. The first-order valence-corrected chi connectivity index (χ1v) is 6.51. The van der Waals surface area contributed by atoms with Gasteiger partial charge in [-0.1, -0.05) is 6.07 Å². The minimum Gasteiger partial charge on any atom is -0.506 e. The molecule has 15 heavy (non-hydrogen) atoms. The van der Waals surface area contributed by atoms with Gasteiger partial charge in [-0.2, -0.15) is 5.26 Å². The average molecular weight is 266 g/mol. The maximum atomic E-state index is 11.0. The molecule has 1 N–H and O–H groups in total. The SMILES string of the molecule is N#Cc1c(S(=O)(=O)Cl)ccc(CCl)c1O. The van der Waals surface area contributed by atoms with Crippen molar-refractivity contribution in [2.24, 2.45) is 0 Å². The highest BCUT2D eigenvalue weighted by atomic mass is 35.7. The van der Waals surface area contributed by atoms with Gasteiger partial charge in [-0.25, -0.2) is 8.42 Å². The van der Waals surface area contributed by atoms with E-state index >= 15 is 0 Å². The number of nitrogens with zero attached hydrogens (tertiary/aromatic N) is 1. The molecule has 0 radical (unpaired) electrons. The van der Waals surface area contributed by atoms with E-state index in [-0.39, 0.29) is 17.0 Å². The molecule has 0 bridgehead atoms. The van der Waals surface area contributed by atoms with Gasteiger partial charge in [-0.3, -0.25) is 0 Å². The number of aromatic hydroxyl groups is 1. The van der Waals surface area contributed by atoms with Crippen LogP contribution in [-0.4, -0.2) is 13.5 Å². The monoisotopic (exact) mass is 265 g/mol. The van der Waals surface area contributed by atoms with Crippen molar-refractivity contribution in [3.05, 3.63) is 23.3 Å². The second kappa shape index (κ2) is 4.27. The first kappa shape index (κ1) is 12.1. The molecule has 1 aromatic carbocycles. The normalized spacial score (nSPS) is 11.0. The Balaban J connectivity index is 3.61. The quantitative estimate of drug-likeness (QED) is 0.655. The highest BCUT2D eigenvalue weighted by Gasteiger charge is 2.20. The molecule has 80 valence electrons. The third-order valence-electron chi connectivity index (χ3n) is 1.74. The van der Waals surface area contributed by atoms with Crippen LogP contribution in [0.3, 0.4) is 0 Å². The van der Waals surface area contributed by atoms with Crippen molar-refractivity contribution in [1.82, 2.24) is 0 Å². The van der Waals surface area contributed by atoms with Crippen LogP contribution in [0.5, 0.6) is 5.75 Å². The Kier molecular flexibility index (Phi) is 3.45. The summed E-state index contributed by atoms with van der Waals surface area (Å²) >= 11 is 5.48. The van der Waals surface area contributed by atoms with Crippen molar-refractivity contribution in [3.8, 4) is 11.8 Å². The molecule has 4 nitrogen and oxygen atoms in total. The van der Waals surface area contributed by atoms with E-state index in [1.807, 2.05) is 0 Å². The lowest BCUT2D eigenvalue weighted by atomic mass is 10.1. The van der Waals surface area contributed by atoms with Gasteiger partial charge in [0.15, 0.2) is 0 Å². The smallest absolute Gasteiger partial charge is 0.262 e. The average Bonchev–Trinajstić information content (AvgIpc) is 2.15. The largest absolute Gasteiger partial charge is 0.506 e. The lowest BCUT2D eigenvalue weighted by molar-refractivity contribution is 0.466. The van der Waals surface area contributed by atoms with Crippen LogP contribution in [0.15, 0.2) is 17.0 Å². The number of rotatable bonds is 2. The maximum absolute atomic E-state index is 11.0. The molecule has 0 aliphatic carbocycles. The predicted molar refractivity (Wildman–Crippen MR) is 55.4 cm³/mol. The highest BCUT2D eigenvalue weighted by molar-refractivity contribution is 8.13. The van der Waals surface area contributed by atoms with Gasteiger partial charge in [0, 0.05) is 16.2 Å². The van der Waals surface area contributed by atoms with Gasteiger partial charge in [0.25, 0.3) is 9.05 Å². The lowest BCUT2D eigenvalue weighted by Gasteiger charge is -2.05. The molecule has 0 aliphatic rings. The molecule has 7 heteroatoms. The van der Waals surface area contributed by atoms with Gasteiger partial charge >= 0.3 is 0 Å². The molecular formula is C8H5Cl2NO3S. The van der Waals surface area contributed by atoms with Crippen LogP contribution in [0, 0.1) is 11.3 Å². The number of halogens is 2. The fraction of sp³-hybridized carbons (Fsp3) is 0.125. The molecule has 0 saturated heterocycles. The topological polar surface area (TPSA) is 78.2 Å². The Morgan fingerprint density at radius 2 is 2.07 bits per heavy atom. The standard InChI is InChI=1S/C8H5Cl2NO3S/c9-3-5-1-2-7(15(10,13)14)6(4-11)8(5)12/h1-2,12H,3H2. The third-order valence-corrected chi connectivity index (χ3v) is 3.39. The highest BCUT2D eigenvalue weighted by Crippen LogP contribution is 2.30. The number of phenolic OH excluding ortho intramolecular Hbond substituents is 1. The van der Waals surface area contributed by atoms with Gasteiger partial charge in [0.05, 0.1) is 5.88 Å². The second-order valence-corrected chi connectivity index (χ2v) is 5.43. The summed E-state index contributed by atoms with van der Waals surface area (Å²) in [5.74, 6) is -0.474. The van der Waals surface area contributed by atoms with Gasteiger partial charge in [0.1, 0.15) is 22.3 Å². The molecule has 0 saturated carbocycles. The summed E-state index contributed by atoms with van der Waals surface area (Å²) in [7, 11) is 1.04. The van der Waals surface area contributed by atoms with Gasteiger partial charge in [0.2, 0.25) is 0 Å². The van der Waals surface area contributed by atoms with Gasteiger partial charge in [-0.15, -0.1) is 11.6 Å². The van der Waals surface area contributed by atoms with Gasteiger partial charge < -0.3 is 5.11 Å². The number of hydrogen-bond donors (Lipinski definition) is 1. The fourth-order valence-electron chi connectivity index (χ4n) is 1.03. The van der Waals surface area contributed by atoms with Crippen molar-refractivity contribution in [2.75, 3.05) is 0 Å². The number of alkyl halides is 1. The molecule has 0 fully saturated rings. The zero-order valence-electron chi connectivity index (χ0n) is 7.24. The molecule has 0 aromatic heterocycles. The van der Waals surface area contributed by atoms with E-state index in [1.165, 1.54) is 6.07 Å². The molecule has 0 aliphatic heterocycles. The predicted octanol–water partition coefficient (Wildman–Crippen LogP) is 1.93. The van der Waals surface area contributed by atoms with Crippen molar-refractivity contribution >= 4 is 31.3 Å². The number of hydrogen-bond acceptors (Lipinski definition) is 4. The molecule has 1 aromatic rings. The molecule has 0 spiro atoms. The summed E-state index contributed by atoms with van der Waals surface area (Å²) in [4.78, 5) is -0.418. The zero-order chi connectivity index (χ0) is 11.6. The zero-order valence-corrected chi connectivity index (χ0v) is 9.57. The van der Waals surface area contributed by atoms with Gasteiger partial charge in [-0.05, 0) is 6.07 Å². The molecule has 1 rings (SSSR count). The van der Waals surface area contributed by atoms with Crippen molar-refractivity contribution in [2.45, 2.75) is 10.8 Å². The minimum atomic E-state index is -4.05. The van der Waals surface area contributed by atoms with E-state index in [2.05, 4.69) is 0 Å². The molecule has 0 heterocycles. The summed E-state index contributed by atoms with van der Waals surface area (Å²) in [6, 6.07) is 4.01. The second-order valence-electron chi connectivity index (χ2n) is 2.63. The molecular weight excluding hydrogens is 261 g/mol. The molecule has 0 atom stereocenters. The third kappa shape index (κ3) is 2.34. The summed E-state index contributed by atoms with van der Waals surface area (Å²) < 4.78 is 22.1. The van der Waals surface area contributed by atoms with Crippen LogP contribution in [0.1, 0.15) is 11.1 Å². The fourth-order valence-corrected chi connectivity index (χ4v) is 2.25. The van der Waals surface area contributed by atoms with Crippen molar-refractivity contribution in [3.63, 3.8) is 0 Å². The van der Waals surface area contributed by atoms with Crippen LogP contribution in [0.2, 0.25) is 0 Å². The first-order valence-electron chi connectivity index (χ1n) is 3.67. The summed E-state index contributed by atoms with van der Waals surface area (Å²) in [6.45, 7) is 0. The maximum Gasteiger partial charge on any atom is 0.262 e. The Labute approximate surface area is 96.1 Å². The molecule has 0 amide bonds. The van der Waals surface area contributed by atoms with Crippen LogP contribution >= 0.6 is 22.3 Å². The Morgan fingerprint density at radius 3 is 2.47 bits per heavy atom. The Hall–Kier alpha value is -0.960. The van der Waals surface area contributed by atoms with Crippen LogP contribution in [-0.2, 0) is 14.9 Å². The van der Waals surface area contributed by atoms with E-state index in [9.17, 15) is 13.5 Å².